The zero-order chi connectivity index (χ0) is 15.7. The van der Waals surface area contributed by atoms with Crippen molar-refractivity contribution in [2.45, 2.75) is 39.7 Å². The number of nitrogens with one attached hydrogen (secondary N) is 2. The first-order chi connectivity index (χ1) is 10.0. The van der Waals surface area contributed by atoms with Gasteiger partial charge in [-0.05, 0) is 39.7 Å². The van der Waals surface area contributed by atoms with Gasteiger partial charge in [0.1, 0.15) is 5.82 Å². The Morgan fingerprint density at radius 2 is 2.10 bits per heavy atom. The first kappa shape index (κ1) is 17.2. The molecule has 1 heterocycles. The molecule has 0 bridgehead atoms. The van der Waals surface area contributed by atoms with Crippen LogP contribution in [0.25, 0.3) is 0 Å². The molecule has 0 radical (unpaired) electrons. The van der Waals surface area contributed by atoms with Crippen LogP contribution in [0.15, 0.2) is 12.1 Å². The molecule has 0 aliphatic heterocycles. The van der Waals surface area contributed by atoms with Gasteiger partial charge in [-0.3, -0.25) is 10.1 Å². The van der Waals surface area contributed by atoms with E-state index in [0.29, 0.717) is 24.8 Å². The first-order valence-corrected chi connectivity index (χ1v) is 7.29. The molecule has 0 aromatic carbocycles. The molecule has 0 fully saturated rings. The number of nitrogens with zero attached hydrogens (tertiary/aromatic N) is 2. The van der Waals surface area contributed by atoms with E-state index >= 15 is 0 Å². The van der Waals surface area contributed by atoms with E-state index in [0.717, 1.165) is 19.4 Å². The number of rotatable bonds is 10. The van der Waals surface area contributed by atoms with Crippen molar-refractivity contribution < 1.29 is 9.66 Å². The Bertz CT molecular complexity index is 452. The van der Waals surface area contributed by atoms with E-state index in [4.69, 9.17) is 4.74 Å². The van der Waals surface area contributed by atoms with Crippen molar-refractivity contribution in [2.24, 2.45) is 0 Å². The van der Waals surface area contributed by atoms with Gasteiger partial charge in [0.15, 0.2) is 0 Å². The number of nitro groups is 1. The number of hydrogen-bond acceptors (Lipinski definition) is 6. The Labute approximate surface area is 125 Å². The van der Waals surface area contributed by atoms with Gasteiger partial charge in [0.2, 0.25) is 5.82 Å². The Balaban J connectivity index is 2.51. The number of ether oxygens (including phenoxy) is 1. The van der Waals surface area contributed by atoms with Gasteiger partial charge < -0.3 is 15.4 Å². The maximum Gasteiger partial charge on any atom is 0.311 e. The molecule has 1 aromatic rings. The van der Waals surface area contributed by atoms with Gasteiger partial charge in [0, 0.05) is 25.8 Å². The molecule has 2 N–H and O–H groups in total. The van der Waals surface area contributed by atoms with Crippen LogP contribution < -0.4 is 10.6 Å². The zero-order valence-corrected chi connectivity index (χ0v) is 12.9. The minimum atomic E-state index is -0.424. The van der Waals surface area contributed by atoms with Crippen LogP contribution in [0.5, 0.6) is 0 Å². The van der Waals surface area contributed by atoms with Crippen LogP contribution in [0.3, 0.4) is 0 Å². The quantitative estimate of drug-likeness (QED) is 0.392. The van der Waals surface area contributed by atoms with Crippen LogP contribution >= 0.6 is 0 Å². The summed E-state index contributed by atoms with van der Waals surface area (Å²) in [7, 11) is 0. The van der Waals surface area contributed by atoms with E-state index in [1.807, 2.05) is 20.8 Å². The third kappa shape index (κ3) is 6.40. The molecule has 1 rings (SSSR count). The fourth-order valence-corrected chi connectivity index (χ4v) is 1.76. The molecule has 118 valence electrons. The van der Waals surface area contributed by atoms with E-state index in [1.165, 1.54) is 6.07 Å². The molecule has 0 spiro atoms. The molecule has 21 heavy (non-hydrogen) atoms. The third-order valence-electron chi connectivity index (χ3n) is 2.74. The standard InChI is InChI=1S/C14H24N4O3/c1-4-15-13-8-7-12(18(19)20)14(17-13)16-9-5-6-10-21-11(2)3/h7-8,11H,4-6,9-10H2,1-3H3,(H2,15,16,17). The van der Waals surface area contributed by atoms with E-state index in [9.17, 15) is 10.1 Å². The van der Waals surface area contributed by atoms with Crippen LogP contribution in [0.2, 0.25) is 0 Å². The number of hydrogen-bond donors (Lipinski definition) is 2. The molecule has 7 nitrogen and oxygen atoms in total. The molecular weight excluding hydrogens is 272 g/mol. The molecule has 0 aliphatic rings. The van der Waals surface area contributed by atoms with Crippen molar-refractivity contribution in [2.75, 3.05) is 30.3 Å². The Kier molecular flexibility index (Phi) is 7.45. The molecule has 1 aromatic heterocycles. The van der Waals surface area contributed by atoms with Crippen LogP contribution in [-0.2, 0) is 4.74 Å². The predicted octanol–water partition coefficient (Wildman–Crippen LogP) is 3.04. The lowest BCUT2D eigenvalue weighted by atomic mass is 10.3. The maximum absolute atomic E-state index is 11.0. The molecule has 0 aliphatic carbocycles. The molecule has 7 heteroatoms. The summed E-state index contributed by atoms with van der Waals surface area (Å²) in [6, 6.07) is 3.08. The molecule has 0 saturated carbocycles. The molecule has 0 amide bonds. The van der Waals surface area contributed by atoms with E-state index in [-0.39, 0.29) is 11.8 Å². The first-order valence-electron chi connectivity index (χ1n) is 7.29. The van der Waals surface area contributed by atoms with Gasteiger partial charge in [-0.25, -0.2) is 4.98 Å². The maximum atomic E-state index is 11.0. The second-order valence-corrected chi connectivity index (χ2v) is 4.91. The van der Waals surface area contributed by atoms with Crippen LogP contribution in [-0.4, -0.2) is 35.7 Å². The monoisotopic (exact) mass is 296 g/mol. The Hall–Kier alpha value is -1.89. The zero-order valence-electron chi connectivity index (χ0n) is 12.9. The highest BCUT2D eigenvalue weighted by atomic mass is 16.6. The molecule has 0 unspecified atom stereocenters. The lowest BCUT2D eigenvalue weighted by Crippen LogP contribution is -2.10. The summed E-state index contributed by atoms with van der Waals surface area (Å²) in [6.45, 7) is 7.99. The highest BCUT2D eigenvalue weighted by Crippen LogP contribution is 2.23. The highest BCUT2D eigenvalue weighted by molar-refractivity contribution is 5.60. The smallest absolute Gasteiger partial charge is 0.311 e. The van der Waals surface area contributed by atoms with Crippen molar-refractivity contribution >= 4 is 17.3 Å². The van der Waals surface area contributed by atoms with Gasteiger partial charge in [0.05, 0.1) is 11.0 Å². The van der Waals surface area contributed by atoms with Gasteiger partial charge in [-0.1, -0.05) is 0 Å². The summed E-state index contributed by atoms with van der Waals surface area (Å²) in [4.78, 5) is 14.8. The second kappa shape index (κ2) is 9.12. The van der Waals surface area contributed by atoms with Gasteiger partial charge in [-0.2, -0.15) is 0 Å². The van der Waals surface area contributed by atoms with Gasteiger partial charge in [-0.15, -0.1) is 0 Å². The average molecular weight is 296 g/mol. The summed E-state index contributed by atoms with van der Waals surface area (Å²) >= 11 is 0. The molecular formula is C14H24N4O3. The normalized spacial score (nSPS) is 10.7. The predicted molar refractivity (Wildman–Crippen MR) is 83.9 cm³/mol. The van der Waals surface area contributed by atoms with E-state index in [2.05, 4.69) is 15.6 Å². The number of aromatic nitrogens is 1. The Morgan fingerprint density at radius 3 is 2.71 bits per heavy atom. The van der Waals surface area contributed by atoms with Gasteiger partial charge >= 0.3 is 5.69 Å². The SMILES string of the molecule is CCNc1ccc([N+](=O)[O-])c(NCCCCOC(C)C)n1. The fourth-order valence-electron chi connectivity index (χ4n) is 1.76. The van der Waals surface area contributed by atoms with Crippen molar-refractivity contribution in [3.8, 4) is 0 Å². The van der Waals surface area contributed by atoms with Gasteiger partial charge in [0.25, 0.3) is 0 Å². The summed E-state index contributed by atoms with van der Waals surface area (Å²) < 4.78 is 5.45. The molecule has 0 saturated heterocycles. The summed E-state index contributed by atoms with van der Waals surface area (Å²) in [5, 5.41) is 17.1. The number of pyridine rings is 1. The highest BCUT2D eigenvalue weighted by Gasteiger charge is 2.15. The number of unbranched alkanes of at least 4 members (excludes halogenated alkanes) is 1. The average Bonchev–Trinajstić information content (AvgIpc) is 2.42. The van der Waals surface area contributed by atoms with Crippen LogP contribution in [0.1, 0.15) is 33.6 Å². The molecule has 0 atom stereocenters. The lowest BCUT2D eigenvalue weighted by molar-refractivity contribution is -0.384. The number of anilines is 2. The van der Waals surface area contributed by atoms with Crippen LogP contribution in [0.4, 0.5) is 17.3 Å². The minimum absolute atomic E-state index is 0.00455. The topological polar surface area (TPSA) is 89.3 Å². The van der Waals surface area contributed by atoms with Crippen molar-refractivity contribution in [1.82, 2.24) is 4.98 Å². The second-order valence-electron chi connectivity index (χ2n) is 4.91. The third-order valence-corrected chi connectivity index (χ3v) is 2.74. The minimum Gasteiger partial charge on any atom is -0.379 e. The van der Waals surface area contributed by atoms with Crippen molar-refractivity contribution in [1.29, 1.82) is 0 Å². The van der Waals surface area contributed by atoms with Crippen molar-refractivity contribution in [3.05, 3.63) is 22.2 Å². The van der Waals surface area contributed by atoms with Crippen LogP contribution in [0, 0.1) is 10.1 Å². The Morgan fingerprint density at radius 1 is 1.33 bits per heavy atom. The van der Waals surface area contributed by atoms with E-state index < -0.39 is 4.92 Å². The van der Waals surface area contributed by atoms with E-state index in [1.54, 1.807) is 6.07 Å². The fraction of sp³-hybridized carbons (Fsp3) is 0.643. The van der Waals surface area contributed by atoms with Crippen molar-refractivity contribution in [3.63, 3.8) is 0 Å². The lowest BCUT2D eigenvalue weighted by Gasteiger charge is -2.10. The largest absolute Gasteiger partial charge is 0.379 e. The summed E-state index contributed by atoms with van der Waals surface area (Å²) in [5.74, 6) is 0.942. The summed E-state index contributed by atoms with van der Waals surface area (Å²) in [6.07, 6.45) is 2.01. The summed E-state index contributed by atoms with van der Waals surface area (Å²) in [5.41, 5.74) is -0.00455.